The number of rotatable bonds is 0. The smallest absolute Gasteiger partial charge is 0.460 e. The van der Waals surface area contributed by atoms with E-state index in [-0.39, 0.29) is 35.2 Å². The predicted molar refractivity (Wildman–Crippen MR) is 38.3 cm³/mol. The van der Waals surface area contributed by atoms with Crippen molar-refractivity contribution in [3.05, 3.63) is 27.6 Å². The van der Waals surface area contributed by atoms with Crippen molar-refractivity contribution in [2.75, 3.05) is 6.54 Å². The first-order chi connectivity index (χ1) is 4.86. The van der Waals surface area contributed by atoms with Crippen LogP contribution < -0.4 is 35.2 Å². The van der Waals surface area contributed by atoms with Gasteiger partial charge in [0, 0.05) is 5.69 Å². The minimum Gasteiger partial charge on any atom is -0.460 e. The Kier molecular flexibility index (Phi) is 2.59. The number of H-pyrrole nitrogens is 2. The third-order valence-electron chi connectivity index (χ3n) is 1.37. The monoisotopic (exact) mass is 159 g/mol. The Morgan fingerprint density at radius 2 is 2.27 bits per heavy atom. The Morgan fingerprint density at radius 3 is 3.00 bits per heavy atom. The maximum absolute atomic E-state index is 10.7. The Hall–Kier alpha value is -0.450. The topological polar surface area (TPSA) is 62.8 Å². The van der Waals surface area contributed by atoms with Crippen molar-refractivity contribution in [2.24, 2.45) is 0 Å². The Labute approximate surface area is 85.4 Å². The van der Waals surface area contributed by atoms with Gasteiger partial charge in [0.25, 0.3) is 0 Å². The van der Waals surface area contributed by atoms with Crippen molar-refractivity contribution in [1.29, 1.82) is 0 Å². The largest absolute Gasteiger partial charge is 1.00 e. The summed E-state index contributed by atoms with van der Waals surface area (Å²) in [7, 11) is 0. The quantitative estimate of drug-likeness (QED) is 0.412. The molecule has 1 aliphatic heterocycles. The summed E-state index contributed by atoms with van der Waals surface area (Å²) in [6.45, 7) is 0.654. The zero-order valence-electron chi connectivity index (χ0n) is 6.22. The standard InChI is InChI=1S/C6H6N3O.Na/c10-6-8-4-2-1-3-7-5(4)9-6;/h1-2H,3H2,(H2,8,9,10);/q-1;+1. The number of hydrogen-bond donors (Lipinski definition) is 2. The Morgan fingerprint density at radius 1 is 1.45 bits per heavy atom. The van der Waals surface area contributed by atoms with Crippen LogP contribution in [0.4, 0.5) is 5.82 Å². The van der Waals surface area contributed by atoms with Crippen LogP contribution in [0, 0.1) is 0 Å². The van der Waals surface area contributed by atoms with Gasteiger partial charge in [-0.2, -0.15) is 0 Å². The third kappa shape index (κ3) is 1.58. The molecule has 2 N–H and O–H groups in total. The molecule has 5 heteroatoms. The van der Waals surface area contributed by atoms with E-state index in [9.17, 15) is 4.79 Å². The number of fused-ring (bicyclic) bond motifs is 1. The predicted octanol–water partition coefficient (Wildman–Crippen LogP) is -2.26. The van der Waals surface area contributed by atoms with Gasteiger partial charge in [0.15, 0.2) is 0 Å². The molecule has 0 saturated heterocycles. The van der Waals surface area contributed by atoms with Crippen LogP contribution in [0.15, 0.2) is 10.9 Å². The molecule has 0 radical (unpaired) electrons. The minimum atomic E-state index is -0.194. The van der Waals surface area contributed by atoms with Gasteiger partial charge in [-0.25, -0.2) is 0 Å². The van der Waals surface area contributed by atoms with E-state index in [1.807, 2.05) is 12.2 Å². The van der Waals surface area contributed by atoms with Gasteiger partial charge in [-0.1, -0.05) is 6.08 Å². The molecular weight excluding hydrogens is 153 g/mol. The van der Waals surface area contributed by atoms with E-state index < -0.39 is 0 Å². The van der Waals surface area contributed by atoms with Gasteiger partial charge in [0.1, 0.15) is 0 Å². The second kappa shape index (κ2) is 3.30. The normalized spacial score (nSPS) is 13.1. The van der Waals surface area contributed by atoms with Crippen molar-refractivity contribution in [1.82, 2.24) is 9.97 Å². The van der Waals surface area contributed by atoms with Crippen LogP contribution in [-0.2, 0) is 0 Å². The zero-order valence-corrected chi connectivity index (χ0v) is 8.22. The molecule has 0 fully saturated rings. The van der Waals surface area contributed by atoms with E-state index in [0.29, 0.717) is 12.4 Å². The molecule has 4 nitrogen and oxygen atoms in total. The SMILES string of the molecule is O=c1[nH]c2c([nH]1)[N-]CC=C2.[Na+]. The summed E-state index contributed by atoms with van der Waals surface area (Å²) in [5, 5.41) is 4.04. The van der Waals surface area contributed by atoms with E-state index in [1.165, 1.54) is 0 Å². The van der Waals surface area contributed by atoms with Gasteiger partial charge in [0.2, 0.25) is 5.69 Å². The summed E-state index contributed by atoms with van der Waals surface area (Å²) >= 11 is 0. The van der Waals surface area contributed by atoms with Crippen LogP contribution in [0.25, 0.3) is 11.4 Å². The van der Waals surface area contributed by atoms with E-state index in [1.54, 1.807) is 0 Å². The summed E-state index contributed by atoms with van der Waals surface area (Å²) in [6, 6.07) is 0. The van der Waals surface area contributed by atoms with Gasteiger partial charge in [0.05, 0.1) is 0 Å². The number of nitrogens with one attached hydrogen (secondary N) is 2. The molecule has 0 bridgehead atoms. The van der Waals surface area contributed by atoms with Crippen molar-refractivity contribution < 1.29 is 29.6 Å². The van der Waals surface area contributed by atoms with Crippen LogP contribution in [-0.4, -0.2) is 16.5 Å². The molecule has 1 aliphatic rings. The van der Waals surface area contributed by atoms with Crippen molar-refractivity contribution in [2.45, 2.75) is 0 Å². The second-order valence-electron chi connectivity index (χ2n) is 2.08. The first-order valence-corrected chi connectivity index (χ1v) is 3.02. The van der Waals surface area contributed by atoms with E-state index in [0.717, 1.165) is 5.69 Å². The van der Waals surface area contributed by atoms with Crippen LogP contribution >= 0.6 is 0 Å². The summed E-state index contributed by atoms with van der Waals surface area (Å²) in [6.07, 6.45) is 3.74. The van der Waals surface area contributed by atoms with Gasteiger partial charge < -0.3 is 15.3 Å². The van der Waals surface area contributed by atoms with Crippen molar-refractivity contribution in [3.8, 4) is 0 Å². The van der Waals surface area contributed by atoms with E-state index >= 15 is 0 Å². The maximum Gasteiger partial charge on any atom is 1.00 e. The number of nitrogens with zero attached hydrogens (tertiary/aromatic N) is 1. The zero-order chi connectivity index (χ0) is 6.97. The molecule has 52 valence electrons. The van der Waals surface area contributed by atoms with Crippen LogP contribution in [0.2, 0.25) is 0 Å². The molecule has 0 aliphatic carbocycles. The van der Waals surface area contributed by atoms with Gasteiger partial charge >= 0.3 is 29.6 Å². The minimum absolute atomic E-state index is 0. The average molecular weight is 159 g/mol. The fraction of sp³-hybridized carbons (Fsp3) is 0.167. The average Bonchev–Trinajstić information content (AvgIpc) is 2.27. The second-order valence-corrected chi connectivity index (χ2v) is 2.08. The fourth-order valence-corrected chi connectivity index (χ4v) is 0.947. The molecule has 0 saturated carbocycles. The number of hydrogen-bond acceptors (Lipinski definition) is 1. The maximum atomic E-state index is 10.7. The molecule has 2 rings (SSSR count). The van der Waals surface area contributed by atoms with Crippen LogP contribution in [0.1, 0.15) is 5.69 Å². The molecule has 0 aromatic carbocycles. The van der Waals surface area contributed by atoms with Crippen LogP contribution in [0.3, 0.4) is 0 Å². The first-order valence-electron chi connectivity index (χ1n) is 3.02. The van der Waals surface area contributed by atoms with E-state index in [4.69, 9.17) is 0 Å². The number of aromatic amines is 2. The third-order valence-corrected chi connectivity index (χ3v) is 1.37. The van der Waals surface area contributed by atoms with Gasteiger partial charge in [-0.3, -0.25) is 4.79 Å². The molecular formula is C6H6N3NaO. The number of aromatic nitrogens is 2. The molecule has 1 aromatic rings. The summed E-state index contributed by atoms with van der Waals surface area (Å²) in [4.78, 5) is 15.8. The van der Waals surface area contributed by atoms with Crippen molar-refractivity contribution >= 4 is 11.9 Å². The number of imidazole rings is 1. The van der Waals surface area contributed by atoms with Crippen molar-refractivity contribution in [3.63, 3.8) is 0 Å². The van der Waals surface area contributed by atoms with Gasteiger partial charge in [-0.15, -0.1) is 0 Å². The molecule has 0 amide bonds. The molecule has 1 aromatic heterocycles. The van der Waals surface area contributed by atoms with Crippen LogP contribution in [0.5, 0.6) is 0 Å². The summed E-state index contributed by atoms with van der Waals surface area (Å²) < 4.78 is 0. The summed E-state index contributed by atoms with van der Waals surface area (Å²) in [5.74, 6) is 0.660. The fourth-order valence-electron chi connectivity index (χ4n) is 0.947. The molecule has 0 unspecified atom stereocenters. The molecule has 11 heavy (non-hydrogen) atoms. The van der Waals surface area contributed by atoms with E-state index in [2.05, 4.69) is 15.3 Å². The molecule has 0 atom stereocenters. The molecule has 2 heterocycles. The van der Waals surface area contributed by atoms with Gasteiger partial charge in [-0.05, 0) is 18.4 Å². The Bertz CT molecular complexity index is 325. The Balaban J connectivity index is 0.000000605. The molecule has 0 spiro atoms. The summed E-state index contributed by atoms with van der Waals surface area (Å²) in [5.41, 5.74) is 0.580. The first kappa shape index (κ1) is 8.64.